The van der Waals surface area contributed by atoms with Crippen molar-refractivity contribution >= 4 is 63.5 Å². The van der Waals surface area contributed by atoms with E-state index in [9.17, 15) is 9.59 Å². The van der Waals surface area contributed by atoms with Crippen LogP contribution in [0.25, 0.3) is 6.08 Å². The van der Waals surface area contributed by atoms with Crippen molar-refractivity contribution in [3.8, 4) is 5.75 Å². The molecule has 0 spiro atoms. The molecule has 0 saturated carbocycles. The first-order chi connectivity index (χ1) is 14.0. The summed E-state index contributed by atoms with van der Waals surface area (Å²) in [6.45, 7) is 0.397. The van der Waals surface area contributed by atoms with E-state index in [1.54, 1.807) is 42.4 Å². The number of thioether (sulfide) groups is 1. The minimum Gasteiger partial charge on any atom is -0.497 e. The average molecular weight is 447 g/mol. The smallest absolute Gasteiger partial charge is 0.266 e. The molecule has 0 unspecified atom stereocenters. The summed E-state index contributed by atoms with van der Waals surface area (Å²) in [4.78, 5) is 26.9. The van der Waals surface area contributed by atoms with Gasteiger partial charge in [0, 0.05) is 23.7 Å². The number of nitrogens with zero attached hydrogens (tertiary/aromatic N) is 1. The SMILES string of the molecule is COc1cccc(C=C2SC(=S)N(CCCC(=O)Nc3ccc(Cl)cc3)C2=O)c1. The van der Waals surface area contributed by atoms with Crippen molar-refractivity contribution in [2.75, 3.05) is 19.0 Å². The Morgan fingerprint density at radius 2 is 2.03 bits per heavy atom. The maximum atomic E-state index is 12.7. The largest absolute Gasteiger partial charge is 0.497 e. The molecule has 2 amide bonds. The van der Waals surface area contributed by atoms with Gasteiger partial charge in [-0.25, -0.2) is 0 Å². The number of hydrogen-bond donors (Lipinski definition) is 1. The van der Waals surface area contributed by atoms with E-state index in [0.29, 0.717) is 32.9 Å². The van der Waals surface area contributed by atoms with E-state index < -0.39 is 0 Å². The lowest BCUT2D eigenvalue weighted by Crippen LogP contribution is -2.29. The van der Waals surface area contributed by atoms with Crippen LogP contribution < -0.4 is 10.1 Å². The van der Waals surface area contributed by atoms with Crippen LogP contribution in [0.3, 0.4) is 0 Å². The molecule has 0 aliphatic carbocycles. The van der Waals surface area contributed by atoms with Crippen LogP contribution in [-0.4, -0.2) is 34.7 Å². The summed E-state index contributed by atoms with van der Waals surface area (Å²) in [7, 11) is 1.60. The Kier molecular flexibility index (Phi) is 7.30. The van der Waals surface area contributed by atoms with Gasteiger partial charge in [-0.05, 0) is 54.5 Å². The minimum atomic E-state index is -0.138. The summed E-state index contributed by atoms with van der Waals surface area (Å²) in [6.07, 6.45) is 2.60. The lowest BCUT2D eigenvalue weighted by Gasteiger charge is -2.14. The molecule has 0 aromatic heterocycles. The highest BCUT2D eigenvalue weighted by atomic mass is 35.5. The second-order valence-electron chi connectivity index (χ2n) is 6.27. The Labute approximate surface area is 184 Å². The predicted octanol–water partition coefficient (Wildman–Crippen LogP) is 4.97. The Morgan fingerprint density at radius 3 is 2.76 bits per heavy atom. The maximum Gasteiger partial charge on any atom is 0.266 e. The van der Waals surface area contributed by atoms with Crippen LogP contribution in [0, 0.1) is 0 Å². The van der Waals surface area contributed by atoms with Crippen LogP contribution in [0.5, 0.6) is 5.75 Å². The Bertz CT molecular complexity index is 961. The quantitative estimate of drug-likeness (QED) is 0.480. The third kappa shape index (κ3) is 5.82. The number of amides is 2. The molecule has 2 aromatic rings. The number of rotatable bonds is 7. The van der Waals surface area contributed by atoms with Crippen molar-refractivity contribution < 1.29 is 14.3 Å². The number of benzene rings is 2. The zero-order chi connectivity index (χ0) is 20.8. The Balaban J connectivity index is 1.54. The molecule has 1 N–H and O–H groups in total. The Morgan fingerprint density at radius 1 is 1.28 bits per heavy atom. The van der Waals surface area contributed by atoms with Crippen LogP contribution in [0.4, 0.5) is 5.69 Å². The van der Waals surface area contributed by atoms with Gasteiger partial charge < -0.3 is 10.1 Å². The summed E-state index contributed by atoms with van der Waals surface area (Å²) in [5.41, 5.74) is 1.55. The number of hydrogen-bond acceptors (Lipinski definition) is 5. The van der Waals surface area contributed by atoms with Crippen molar-refractivity contribution in [2.24, 2.45) is 0 Å². The lowest BCUT2D eigenvalue weighted by molar-refractivity contribution is -0.122. The topological polar surface area (TPSA) is 58.6 Å². The fraction of sp³-hybridized carbons (Fsp3) is 0.190. The van der Waals surface area contributed by atoms with Crippen LogP contribution in [-0.2, 0) is 9.59 Å². The minimum absolute atomic E-state index is 0.121. The van der Waals surface area contributed by atoms with E-state index in [-0.39, 0.29) is 18.2 Å². The van der Waals surface area contributed by atoms with Gasteiger partial charge in [-0.3, -0.25) is 14.5 Å². The molecule has 1 aliphatic heterocycles. The molecule has 1 aliphatic rings. The van der Waals surface area contributed by atoms with Gasteiger partial charge in [-0.15, -0.1) is 0 Å². The second kappa shape index (κ2) is 9.91. The number of carbonyl (C=O) groups excluding carboxylic acids is 2. The molecule has 0 radical (unpaired) electrons. The number of carbonyl (C=O) groups is 2. The van der Waals surface area contributed by atoms with Gasteiger partial charge in [-0.1, -0.05) is 47.7 Å². The van der Waals surface area contributed by atoms with Crippen LogP contribution in [0.2, 0.25) is 5.02 Å². The number of thiocarbonyl (C=S) groups is 1. The van der Waals surface area contributed by atoms with Gasteiger partial charge in [0.1, 0.15) is 10.1 Å². The van der Waals surface area contributed by atoms with E-state index in [2.05, 4.69) is 5.32 Å². The molecule has 2 aromatic carbocycles. The van der Waals surface area contributed by atoms with Gasteiger partial charge in [0.2, 0.25) is 5.91 Å². The highest BCUT2D eigenvalue weighted by Gasteiger charge is 2.31. The molecule has 3 rings (SSSR count). The average Bonchev–Trinajstić information content (AvgIpc) is 2.97. The van der Waals surface area contributed by atoms with Crippen molar-refractivity contribution in [2.45, 2.75) is 12.8 Å². The molecule has 0 atom stereocenters. The van der Waals surface area contributed by atoms with Gasteiger partial charge in [0.15, 0.2) is 0 Å². The van der Waals surface area contributed by atoms with E-state index in [1.807, 2.05) is 24.3 Å². The summed E-state index contributed by atoms with van der Waals surface area (Å²) in [6, 6.07) is 14.4. The zero-order valence-corrected chi connectivity index (χ0v) is 18.1. The van der Waals surface area contributed by atoms with Gasteiger partial charge in [-0.2, -0.15) is 0 Å². The van der Waals surface area contributed by atoms with Crippen LogP contribution in [0.15, 0.2) is 53.4 Å². The number of ether oxygens (including phenoxy) is 1. The monoisotopic (exact) mass is 446 g/mol. The van der Waals surface area contributed by atoms with Crippen LogP contribution >= 0.6 is 35.6 Å². The third-order valence-corrected chi connectivity index (χ3v) is 5.81. The van der Waals surface area contributed by atoms with Crippen molar-refractivity contribution in [3.63, 3.8) is 0 Å². The Hall–Kier alpha value is -2.35. The lowest BCUT2D eigenvalue weighted by atomic mass is 10.2. The van der Waals surface area contributed by atoms with Crippen molar-refractivity contribution in [1.29, 1.82) is 0 Å². The van der Waals surface area contributed by atoms with Crippen molar-refractivity contribution in [3.05, 3.63) is 64.0 Å². The fourth-order valence-electron chi connectivity index (χ4n) is 2.73. The first-order valence-electron chi connectivity index (χ1n) is 8.91. The summed E-state index contributed by atoms with van der Waals surface area (Å²) in [5.74, 6) is 0.464. The molecule has 29 heavy (non-hydrogen) atoms. The summed E-state index contributed by atoms with van der Waals surface area (Å²) < 4.78 is 5.71. The molecule has 1 heterocycles. The van der Waals surface area contributed by atoms with Gasteiger partial charge >= 0.3 is 0 Å². The standard InChI is InChI=1S/C21H19ClN2O3S2/c1-27-17-5-2-4-14(12-17)13-18-20(26)24(21(28)29-18)11-3-6-19(25)23-16-9-7-15(22)8-10-16/h2,4-5,7-10,12-13H,3,6,11H2,1H3,(H,23,25). The fourth-order valence-corrected chi connectivity index (χ4v) is 4.16. The van der Waals surface area contributed by atoms with E-state index in [4.69, 9.17) is 28.6 Å². The summed E-state index contributed by atoms with van der Waals surface area (Å²) >= 11 is 12.4. The number of nitrogens with one attached hydrogen (secondary N) is 1. The highest BCUT2D eigenvalue weighted by molar-refractivity contribution is 8.26. The highest BCUT2D eigenvalue weighted by Crippen LogP contribution is 2.33. The number of halogens is 1. The molecule has 8 heteroatoms. The maximum absolute atomic E-state index is 12.7. The zero-order valence-electron chi connectivity index (χ0n) is 15.7. The molecular weight excluding hydrogens is 428 g/mol. The summed E-state index contributed by atoms with van der Waals surface area (Å²) in [5, 5.41) is 3.42. The molecule has 5 nitrogen and oxygen atoms in total. The number of anilines is 1. The third-order valence-electron chi connectivity index (χ3n) is 4.18. The van der Waals surface area contributed by atoms with Gasteiger partial charge in [0.25, 0.3) is 5.91 Å². The number of methoxy groups -OCH3 is 1. The molecule has 1 fully saturated rings. The van der Waals surface area contributed by atoms with Gasteiger partial charge in [0.05, 0.1) is 12.0 Å². The molecule has 0 bridgehead atoms. The normalized spacial score (nSPS) is 15.1. The molecule has 1 saturated heterocycles. The van der Waals surface area contributed by atoms with E-state index in [0.717, 1.165) is 11.3 Å². The van der Waals surface area contributed by atoms with Crippen molar-refractivity contribution in [1.82, 2.24) is 4.90 Å². The van der Waals surface area contributed by atoms with E-state index in [1.165, 1.54) is 11.8 Å². The molecule has 150 valence electrons. The first-order valence-corrected chi connectivity index (χ1v) is 10.5. The van der Waals surface area contributed by atoms with E-state index >= 15 is 0 Å². The first kappa shape index (κ1) is 21.4. The molecular formula is C21H19ClN2O3S2. The predicted molar refractivity (Wildman–Crippen MR) is 122 cm³/mol. The second-order valence-corrected chi connectivity index (χ2v) is 8.38. The van der Waals surface area contributed by atoms with Crippen LogP contribution in [0.1, 0.15) is 18.4 Å².